The van der Waals surface area contributed by atoms with Crippen LogP contribution in [0.1, 0.15) is 130 Å². The number of unbranched alkanes of at least 4 members (excludes halogenated alkanes) is 11. The Morgan fingerprint density at radius 2 is 1.03 bits per heavy atom. The minimum absolute atomic E-state index is 0.429. The van der Waals surface area contributed by atoms with Crippen molar-refractivity contribution in [3.05, 3.63) is 0 Å². The van der Waals surface area contributed by atoms with Crippen LogP contribution in [-0.2, 0) is 18.1 Å². The molecule has 0 radical (unpaired) electrons. The molecular formula is C24H51O4P. The molecule has 1 unspecified atom stereocenters. The Balaban J connectivity index is 4.31. The highest BCUT2D eigenvalue weighted by Crippen LogP contribution is 2.50. The van der Waals surface area contributed by atoms with Gasteiger partial charge in [-0.25, -0.2) is 4.57 Å². The fourth-order valence-electron chi connectivity index (χ4n) is 3.32. The van der Waals surface area contributed by atoms with Crippen molar-refractivity contribution in [2.45, 2.75) is 130 Å². The van der Waals surface area contributed by atoms with Crippen LogP contribution in [0.4, 0.5) is 0 Å². The first-order valence-electron chi connectivity index (χ1n) is 12.6. The lowest BCUT2D eigenvalue weighted by molar-refractivity contribution is 0.0946. The molecule has 1 atom stereocenters. The zero-order valence-corrected chi connectivity index (χ0v) is 21.0. The summed E-state index contributed by atoms with van der Waals surface area (Å²) in [5.41, 5.74) is 0. The smallest absolute Gasteiger partial charge is 0.287 e. The monoisotopic (exact) mass is 434 g/mol. The van der Waals surface area contributed by atoms with E-state index in [2.05, 4.69) is 27.7 Å². The second-order valence-electron chi connectivity index (χ2n) is 8.36. The molecule has 29 heavy (non-hydrogen) atoms. The van der Waals surface area contributed by atoms with Gasteiger partial charge in [-0.3, -0.25) is 13.6 Å². The molecule has 0 saturated heterocycles. The Kier molecular flexibility index (Phi) is 21.4. The molecular weight excluding hydrogens is 383 g/mol. The third-order valence-electron chi connectivity index (χ3n) is 5.51. The van der Waals surface area contributed by atoms with Gasteiger partial charge in [0.25, 0.3) is 0 Å². The van der Waals surface area contributed by atoms with Crippen LogP contribution in [0.5, 0.6) is 0 Å². The maximum Gasteiger partial charge on any atom is 0.474 e. The summed E-state index contributed by atoms with van der Waals surface area (Å²) in [5.74, 6) is 0.429. The molecule has 5 heteroatoms. The average molecular weight is 435 g/mol. The summed E-state index contributed by atoms with van der Waals surface area (Å²) < 4.78 is 30.3. The van der Waals surface area contributed by atoms with Crippen molar-refractivity contribution in [1.82, 2.24) is 0 Å². The highest BCUT2D eigenvalue weighted by atomic mass is 31.2. The molecule has 0 aromatic rings. The maximum absolute atomic E-state index is 13.1. The maximum atomic E-state index is 13.1. The lowest BCUT2D eigenvalue weighted by Gasteiger charge is -2.21. The van der Waals surface area contributed by atoms with E-state index in [9.17, 15) is 4.57 Å². The van der Waals surface area contributed by atoms with Crippen molar-refractivity contribution in [3.8, 4) is 0 Å². The Labute approximate surface area is 182 Å². The number of phosphoric acid groups is 1. The summed E-state index contributed by atoms with van der Waals surface area (Å²) in [6, 6.07) is 0. The van der Waals surface area contributed by atoms with Crippen LogP contribution in [0.2, 0.25) is 0 Å². The van der Waals surface area contributed by atoms with Gasteiger partial charge in [-0.05, 0) is 25.2 Å². The van der Waals surface area contributed by atoms with E-state index in [1.807, 2.05) is 0 Å². The van der Waals surface area contributed by atoms with Crippen molar-refractivity contribution >= 4 is 7.82 Å². The molecule has 0 fully saturated rings. The number of hydrogen-bond donors (Lipinski definition) is 0. The molecule has 0 aromatic carbocycles. The van der Waals surface area contributed by atoms with E-state index in [-0.39, 0.29) is 0 Å². The molecule has 0 amide bonds. The minimum Gasteiger partial charge on any atom is -0.287 e. The molecule has 0 rings (SSSR count). The SMILES string of the molecule is CCCCCCCCOP(=O)(OCCCCCCCC)OCC(CC)CCCC. The van der Waals surface area contributed by atoms with E-state index < -0.39 is 7.82 Å². The summed E-state index contributed by atoms with van der Waals surface area (Å²) in [6.07, 6.45) is 18.7. The second-order valence-corrected chi connectivity index (χ2v) is 10.0. The molecule has 0 saturated carbocycles. The van der Waals surface area contributed by atoms with Crippen molar-refractivity contribution in [3.63, 3.8) is 0 Å². The third-order valence-corrected chi connectivity index (χ3v) is 6.97. The van der Waals surface area contributed by atoms with Crippen LogP contribution >= 0.6 is 7.82 Å². The van der Waals surface area contributed by atoms with Crippen LogP contribution in [0.15, 0.2) is 0 Å². The zero-order chi connectivity index (χ0) is 21.6. The Morgan fingerprint density at radius 3 is 1.48 bits per heavy atom. The largest absolute Gasteiger partial charge is 0.474 e. The molecule has 0 N–H and O–H groups in total. The van der Waals surface area contributed by atoms with Crippen molar-refractivity contribution < 1.29 is 18.1 Å². The van der Waals surface area contributed by atoms with Gasteiger partial charge in [0.15, 0.2) is 0 Å². The van der Waals surface area contributed by atoms with Crippen LogP contribution < -0.4 is 0 Å². The second kappa shape index (κ2) is 21.3. The standard InChI is InChI=1S/C24H51O4P/c1-5-9-12-14-16-18-21-26-29(25,27-22-19-17-15-13-10-6-2)28-23-24(8-4)20-11-7-3/h24H,5-23H2,1-4H3. The first-order chi connectivity index (χ1) is 14.1. The molecule has 176 valence electrons. The molecule has 0 spiro atoms. The molecule has 0 aliphatic rings. The van der Waals surface area contributed by atoms with Gasteiger partial charge < -0.3 is 0 Å². The van der Waals surface area contributed by atoms with Crippen LogP contribution in [0.25, 0.3) is 0 Å². The quantitative estimate of drug-likeness (QED) is 0.119. The van der Waals surface area contributed by atoms with Crippen LogP contribution in [0, 0.1) is 5.92 Å². The predicted octanol–water partition coefficient (Wildman–Crippen LogP) is 9.08. The summed E-state index contributed by atoms with van der Waals surface area (Å²) in [7, 11) is -3.44. The minimum atomic E-state index is -3.44. The topological polar surface area (TPSA) is 44.8 Å². The molecule has 0 heterocycles. The van der Waals surface area contributed by atoms with Gasteiger partial charge in [-0.1, -0.05) is 111 Å². The van der Waals surface area contributed by atoms with E-state index in [4.69, 9.17) is 13.6 Å². The summed E-state index contributed by atoms with van der Waals surface area (Å²) in [6.45, 7) is 10.2. The lowest BCUT2D eigenvalue weighted by Crippen LogP contribution is -2.11. The van der Waals surface area contributed by atoms with Crippen molar-refractivity contribution in [2.24, 2.45) is 5.92 Å². The van der Waals surface area contributed by atoms with E-state index in [0.717, 1.165) is 38.5 Å². The van der Waals surface area contributed by atoms with E-state index in [0.29, 0.717) is 25.7 Å². The summed E-state index contributed by atoms with van der Waals surface area (Å²) in [5, 5.41) is 0. The van der Waals surface area contributed by atoms with Gasteiger partial charge in [0.05, 0.1) is 19.8 Å². The van der Waals surface area contributed by atoms with Crippen LogP contribution in [0.3, 0.4) is 0 Å². The molecule has 4 nitrogen and oxygen atoms in total. The molecule has 0 bridgehead atoms. The predicted molar refractivity (Wildman–Crippen MR) is 126 cm³/mol. The normalized spacial score (nSPS) is 13.1. The third kappa shape index (κ3) is 18.6. The highest BCUT2D eigenvalue weighted by molar-refractivity contribution is 7.48. The fraction of sp³-hybridized carbons (Fsp3) is 1.00. The summed E-state index contributed by atoms with van der Waals surface area (Å²) in [4.78, 5) is 0. The fourth-order valence-corrected chi connectivity index (χ4v) is 4.65. The highest BCUT2D eigenvalue weighted by Gasteiger charge is 2.27. The van der Waals surface area contributed by atoms with Gasteiger partial charge in [-0.15, -0.1) is 0 Å². The van der Waals surface area contributed by atoms with Gasteiger partial charge in [0, 0.05) is 0 Å². The number of rotatable bonds is 23. The molecule has 0 aliphatic heterocycles. The Morgan fingerprint density at radius 1 is 0.586 bits per heavy atom. The van der Waals surface area contributed by atoms with Gasteiger partial charge in [0.1, 0.15) is 0 Å². The van der Waals surface area contributed by atoms with Crippen molar-refractivity contribution in [2.75, 3.05) is 19.8 Å². The van der Waals surface area contributed by atoms with E-state index >= 15 is 0 Å². The Hall–Kier alpha value is 0.110. The molecule has 0 aliphatic carbocycles. The number of hydrogen-bond acceptors (Lipinski definition) is 4. The van der Waals surface area contributed by atoms with Crippen molar-refractivity contribution in [1.29, 1.82) is 0 Å². The van der Waals surface area contributed by atoms with E-state index in [1.165, 1.54) is 64.2 Å². The first kappa shape index (κ1) is 29.1. The van der Waals surface area contributed by atoms with Gasteiger partial charge in [0.2, 0.25) is 0 Å². The zero-order valence-electron chi connectivity index (χ0n) is 20.1. The summed E-state index contributed by atoms with van der Waals surface area (Å²) >= 11 is 0. The Bertz CT molecular complexity index is 354. The molecule has 0 aromatic heterocycles. The first-order valence-corrected chi connectivity index (χ1v) is 14.1. The van der Waals surface area contributed by atoms with Crippen LogP contribution in [-0.4, -0.2) is 19.8 Å². The number of phosphoric ester groups is 1. The lowest BCUT2D eigenvalue weighted by atomic mass is 10.0. The van der Waals surface area contributed by atoms with E-state index in [1.54, 1.807) is 0 Å². The van der Waals surface area contributed by atoms with Gasteiger partial charge in [-0.2, -0.15) is 0 Å². The van der Waals surface area contributed by atoms with Gasteiger partial charge >= 0.3 is 7.82 Å². The average Bonchev–Trinajstić information content (AvgIpc) is 2.73.